The Balaban J connectivity index is 1.72. The van der Waals surface area contributed by atoms with E-state index in [0.717, 1.165) is 23.0 Å². The molecule has 140 valence electrons. The van der Waals surface area contributed by atoms with Crippen LogP contribution in [0, 0.1) is 13.8 Å². The molecule has 1 heterocycles. The molecule has 0 saturated carbocycles. The highest BCUT2D eigenvalue weighted by Crippen LogP contribution is 2.17. The quantitative estimate of drug-likeness (QED) is 0.535. The van der Waals surface area contributed by atoms with E-state index in [1.54, 1.807) is 7.05 Å². The van der Waals surface area contributed by atoms with Crippen molar-refractivity contribution >= 4 is 5.96 Å². The molecule has 3 aromatic rings. The molecule has 27 heavy (non-hydrogen) atoms. The van der Waals surface area contributed by atoms with Gasteiger partial charge in [0.25, 0.3) is 0 Å². The molecule has 2 N–H and O–H groups in total. The number of rotatable bonds is 5. The normalized spacial score (nSPS) is 12.7. The fourth-order valence-corrected chi connectivity index (χ4v) is 3.14. The van der Waals surface area contributed by atoms with Crippen molar-refractivity contribution < 1.29 is 0 Å². The Morgan fingerprint density at radius 1 is 1.07 bits per heavy atom. The van der Waals surface area contributed by atoms with Crippen LogP contribution in [-0.2, 0) is 6.54 Å². The zero-order chi connectivity index (χ0) is 19.2. The number of guanidine groups is 1. The number of nitrogens with one attached hydrogen (secondary N) is 2. The maximum Gasteiger partial charge on any atom is 0.191 e. The maximum absolute atomic E-state index is 4.62. The lowest BCUT2D eigenvalue weighted by Gasteiger charge is -2.19. The second-order valence-electron chi connectivity index (χ2n) is 6.67. The van der Waals surface area contributed by atoms with E-state index in [-0.39, 0.29) is 6.04 Å². The van der Waals surface area contributed by atoms with Crippen molar-refractivity contribution in [3.63, 3.8) is 0 Å². The van der Waals surface area contributed by atoms with Crippen molar-refractivity contribution in [1.82, 2.24) is 20.4 Å². The van der Waals surface area contributed by atoms with Crippen molar-refractivity contribution in [3.8, 4) is 5.69 Å². The van der Waals surface area contributed by atoms with Crippen molar-refractivity contribution in [2.24, 2.45) is 4.99 Å². The first-order valence-corrected chi connectivity index (χ1v) is 9.22. The van der Waals surface area contributed by atoms with Crippen LogP contribution >= 0.6 is 0 Å². The number of nitrogens with zero attached hydrogens (tertiary/aromatic N) is 3. The van der Waals surface area contributed by atoms with Gasteiger partial charge in [0.05, 0.1) is 17.4 Å². The highest BCUT2D eigenvalue weighted by molar-refractivity contribution is 5.80. The lowest BCUT2D eigenvalue weighted by molar-refractivity contribution is 0.684. The number of hydrogen-bond donors (Lipinski definition) is 2. The summed E-state index contributed by atoms with van der Waals surface area (Å²) in [6.45, 7) is 6.88. The summed E-state index contributed by atoms with van der Waals surface area (Å²) in [5.41, 5.74) is 5.62. The van der Waals surface area contributed by atoms with Crippen LogP contribution in [0.25, 0.3) is 5.69 Å². The molecule has 0 aliphatic carbocycles. The zero-order valence-electron chi connectivity index (χ0n) is 16.4. The minimum atomic E-state index is 0.170. The Kier molecular flexibility index (Phi) is 5.91. The van der Waals surface area contributed by atoms with Crippen LogP contribution < -0.4 is 10.6 Å². The molecule has 0 aliphatic rings. The van der Waals surface area contributed by atoms with Crippen LogP contribution in [0.3, 0.4) is 0 Å². The van der Waals surface area contributed by atoms with Gasteiger partial charge in [0.15, 0.2) is 5.96 Å². The van der Waals surface area contributed by atoms with Gasteiger partial charge in [-0.05, 0) is 44.0 Å². The van der Waals surface area contributed by atoms with E-state index >= 15 is 0 Å². The first-order chi connectivity index (χ1) is 13.1. The molecule has 3 rings (SSSR count). The fraction of sp³-hybridized carbons (Fsp3) is 0.273. The molecule has 0 bridgehead atoms. The molecule has 0 saturated heterocycles. The van der Waals surface area contributed by atoms with Gasteiger partial charge in [-0.25, -0.2) is 4.68 Å². The molecule has 5 heteroatoms. The second kappa shape index (κ2) is 8.54. The lowest BCUT2D eigenvalue weighted by atomic mass is 10.1. The van der Waals surface area contributed by atoms with Gasteiger partial charge in [0, 0.05) is 19.3 Å². The molecule has 0 fully saturated rings. The van der Waals surface area contributed by atoms with Crippen LogP contribution in [0.15, 0.2) is 65.7 Å². The predicted octanol–water partition coefficient (Wildman–Crippen LogP) is 3.92. The van der Waals surface area contributed by atoms with Crippen molar-refractivity contribution in [3.05, 3.63) is 83.2 Å². The van der Waals surface area contributed by atoms with Crippen molar-refractivity contribution in [2.45, 2.75) is 33.4 Å². The van der Waals surface area contributed by atoms with Gasteiger partial charge in [0.2, 0.25) is 0 Å². The first kappa shape index (κ1) is 18.7. The average Bonchev–Trinajstić information content (AvgIpc) is 3.03. The summed E-state index contributed by atoms with van der Waals surface area (Å²) >= 11 is 0. The fourth-order valence-electron chi connectivity index (χ4n) is 3.14. The first-order valence-electron chi connectivity index (χ1n) is 9.22. The number of hydrogen-bond acceptors (Lipinski definition) is 2. The molecule has 1 atom stereocenters. The number of aryl methyl sites for hydroxylation is 2. The Labute approximate surface area is 161 Å². The average molecular weight is 361 g/mol. The van der Waals surface area contributed by atoms with Crippen LogP contribution in [0.1, 0.15) is 35.5 Å². The van der Waals surface area contributed by atoms with E-state index in [1.165, 1.54) is 11.1 Å². The summed E-state index contributed by atoms with van der Waals surface area (Å²) in [6.07, 6.45) is 0. The van der Waals surface area contributed by atoms with Gasteiger partial charge in [-0.15, -0.1) is 0 Å². The highest BCUT2D eigenvalue weighted by atomic mass is 15.3. The van der Waals surface area contributed by atoms with E-state index in [4.69, 9.17) is 0 Å². The minimum absolute atomic E-state index is 0.170. The minimum Gasteiger partial charge on any atom is -0.352 e. The molecule has 0 radical (unpaired) electrons. The standard InChI is InChI=1S/C22H27N5/c1-16-14-17(2)27(26-16)21-13-9-8-12-20(21)15-24-22(23-4)25-18(3)19-10-6-5-7-11-19/h5-14,18H,15H2,1-4H3,(H2,23,24,25). The lowest BCUT2D eigenvalue weighted by Crippen LogP contribution is -2.38. The van der Waals surface area contributed by atoms with Gasteiger partial charge in [-0.2, -0.15) is 5.10 Å². The van der Waals surface area contributed by atoms with E-state index in [9.17, 15) is 0 Å². The molecule has 0 amide bonds. The molecule has 5 nitrogen and oxygen atoms in total. The Bertz CT molecular complexity index is 911. The monoisotopic (exact) mass is 361 g/mol. The summed E-state index contributed by atoms with van der Waals surface area (Å²) in [6, 6.07) is 20.9. The highest BCUT2D eigenvalue weighted by Gasteiger charge is 2.11. The molecular weight excluding hydrogens is 334 g/mol. The van der Waals surface area contributed by atoms with Crippen LogP contribution in [0.4, 0.5) is 0 Å². The van der Waals surface area contributed by atoms with Gasteiger partial charge < -0.3 is 10.6 Å². The van der Waals surface area contributed by atoms with Crippen molar-refractivity contribution in [1.29, 1.82) is 0 Å². The van der Waals surface area contributed by atoms with E-state index < -0.39 is 0 Å². The molecule has 0 aliphatic heterocycles. The number of para-hydroxylation sites is 1. The zero-order valence-corrected chi connectivity index (χ0v) is 16.4. The van der Waals surface area contributed by atoms with E-state index in [2.05, 4.69) is 71.0 Å². The molecule has 0 spiro atoms. The molecule has 2 aromatic carbocycles. The van der Waals surface area contributed by atoms with E-state index in [0.29, 0.717) is 6.54 Å². The second-order valence-corrected chi connectivity index (χ2v) is 6.67. The van der Waals surface area contributed by atoms with Gasteiger partial charge in [0.1, 0.15) is 0 Å². The third-order valence-electron chi connectivity index (χ3n) is 4.55. The Morgan fingerprint density at radius 3 is 2.44 bits per heavy atom. The maximum atomic E-state index is 4.62. The summed E-state index contributed by atoms with van der Waals surface area (Å²) in [5, 5.41) is 11.5. The number of benzene rings is 2. The largest absolute Gasteiger partial charge is 0.352 e. The van der Waals surface area contributed by atoms with Gasteiger partial charge in [-0.3, -0.25) is 4.99 Å². The molecular formula is C22H27N5. The van der Waals surface area contributed by atoms with E-state index in [1.807, 2.05) is 35.9 Å². The van der Waals surface area contributed by atoms with Crippen LogP contribution in [0.5, 0.6) is 0 Å². The summed E-state index contributed by atoms with van der Waals surface area (Å²) in [5.74, 6) is 0.773. The van der Waals surface area contributed by atoms with Crippen LogP contribution in [-0.4, -0.2) is 22.8 Å². The molecule has 1 aromatic heterocycles. The van der Waals surface area contributed by atoms with Crippen molar-refractivity contribution in [2.75, 3.05) is 7.05 Å². The predicted molar refractivity (Wildman–Crippen MR) is 111 cm³/mol. The number of aliphatic imine (C=N–C) groups is 1. The van der Waals surface area contributed by atoms with Crippen LogP contribution in [0.2, 0.25) is 0 Å². The smallest absolute Gasteiger partial charge is 0.191 e. The third-order valence-corrected chi connectivity index (χ3v) is 4.55. The molecule has 1 unspecified atom stereocenters. The van der Waals surface area contributed by atoms with Gasteiger partial charge in [-0.1, -0.05) is 48.5 Å². The Morgan fingerprint density at radius 2 is 1.78 bits per heavy atom. The third kappa shape index (κ3) is 4.56. The Hall–Kier alpha value is -3.08. The topological polar surface area (TPSA) is 54.2 Å². The summed E-state index contributed by atoms with van der Waals surface area (Å²) in [4.78, 5) is 4.36. The summed E-state index contributed by atoms with van der Waals surface area (Å²) < 4.78 is 2.00. The SMILES string of the molecule is CN=C(NCc1ccccc1-n1nc(C)cc1C)NC(C)c1ccccc1. The number of aromatic nitrogens is 2. The summed E-state index contributed by atoms with van der Waals surface area (Å²) in [7, 11) is 1.79. The van der Waals surface area contributed by atoms with Gasteiger partial charge >= 0.3 is 0 Å².